The number of fused-ring (bicyclic) bond motifs is 1. The molecule has 2 heterocycles. The Morgan fingerprint density at radius 2 is 1.81 bits per heavy atom. The number of amides is 3. The van der Waals surface area contributed by atoms with Gasteiger partial charge in [-0.3, -0.25) is 24.6 Å². The topological polar surface area (TPSA) is 79.4 Å². The van der Waals surface area contributed by atoms with Gasteiger partial charge in [0.1, 0.15) is 0 Å². The van der Waals surface area contributed by atoms with Gasteiger partial charge in [-0.25, -0.2) is 4.98 Å². The molecular weight excluding hydrogens is 362 g/mol. The van der Waals surface area contributed by atoms with E-state index in [1.807, 2.05) is 37.3 Å². The van der Waals surface area contributed by atoms with Crippen molar-refractivity contribution >= 4 is 34.2 Å². The zero-order chi connectivity index (χ0) is 19.0. The highest BCUT2D eigenvalue weighted by atomic mass is 32.1. The smallest absolute Gasteiger partial charge is 0.261 e. The molecule has 1 N–H and O–H groups in total. The third-order valence-corrected chi connectivity index (χ3v) is 5.09. The molecule has 134 valence electrons. The standard InChI is InChI=1S/C20H15N3O3S/c1-12-10-21-20(27-12)22-17(24)14-7-8-15-16(9-14)19(26)23(18(15)25)11-13-5-3-2-4-6-13/h2-10H,11H2,1H3,(H,21,22,24). The maximum absolute atomic E-state index is 12.7. The first-order valence-corrected chi connectivity index (χ1v) is 9.12. The SMILES string of the molecule is Cc1cnc(NC(=O)c2ccc3c(c2)C(=O)N(Cc2ccccc2)C3=O)s1. The van der Waals surface area contributed by atoms with Crippen LogP contribution in [0.15, 0.2) is 54.7 Å². The van der Waals surface area contributed by atoms with Crippen LogP contribution < -0.4 is 5.32 Å². The van der Waals surface area contributed by atoms with Gasteiger partial charge in [-0.1, -0.05) is 30.3 Å². The van der Waals surface area contributed by atoms with E-state index in [1.165, 1.54) is 28.4 Å². The number of anilines is 1. The minimum Gasteiger partial charge on any atom is -0.298 e. The Bertz CT molecular complexity index is 1060. The fourth-order valence-corrected chi connectivity index (χ4v) is 3.58. The Morgan fingerprint density at radius 3 is 2.52 bits per heavy atom. The summed E-state index contributed by atoms with van der Waals surface area (Å²) in [5.41, 5.74) is 1.74. The molecular formula is C20H15N3O3S. The molecule has 3 amide bonds. The molecule has 1 aliphatic rings. The molecule has 0 saturated heterocycles. The van der Waals surface area contributed by atoms with Gasteiger partial charge < -0.3 is 0 Å². The van der Waals surface area contributed by atoms with Crippen molar-refractivity contribution in [1.82, 2.24) is 9.88 Å². The average Bonchev–Trinajstić information content (AvgIpc) is 3.19. The Kier molecular flexibility index (Phi) is 4.29. The zero-order valence-corrected chi connectivity index (χ0v) is 15.2. The Hall–Kier alpha value is -3.32. The van der Waals surface area contributed by atoms with Crippen molar-refractivity contribution in [3.63, 3.8) is 0 Å². The number of thiazole rings is 1. The van der Waals surface area contributed by atoms with Gasteiger partial charge in [0.05, 0.1) is 17.7 Å². The van der Waals surface area contributed by atoms with E-state index in [-0.39, 0.29) is 23.9 Å². The quantitative estimate of drug-likeness (QED) is 0.706. The molecule has 2 aromatic carbocycles. The molecule has 1 aliphatic heterocycles. The molecule has 1 aromatic heterocycles. The molecule has 0 spiro atoms. The van der Waals surface area contributed by atoms with E-state index >= 15 is 0 Å². The number of nitrogens with zero attached hydrogens (tertiary/aromatic N) is 2. The lowest BCUT2D eigenvalue weighted by Crippen LogP contribution is -2.29. The van der Waals surface area contributed by atoms with E-state index in [4.69, 9.17) is 0 Å². The summed E-state index contributed by atoms with van der Waals surface area (Å²) in [6.07, 6.45) is 1.67. The third-order valence-electron chi connectivity index (χ3n) is 4.26. The van der Waals surface area contributed by atoms with Crippen molar-refractivity contribution < 1.29 is 14.4 Å². The number of nitrogens with one attached hydrogen (secondary N) is 1. The van der Waals surface area contributed by atoms with Crippen LogP contribution in [-0.2, 0) is 6.54 Å². The monoisotopic (exact) mass is 377 g/mol. The lowest BCUT2D eigenvalue weighted by Gasteiger charge is -2.13. The average molecular weight is 377 g/mol. The molecule has 0 aliphatic carbocycles. The maximum Gasteiger partial charge on any atom is 0.261 e. The first-order chi connectivity index (χ1) is 13.0. The van der Waals surface area contributed by atoms with Gasteiger partial charge in [-0.15, -0.1) is 11.3 Å². The zero-order valence-electron chi connectivity index (χ0n) is 14.4. The third kappa shape index (κ3) is 3.24. The van der Waals surface area contributed by atoms with Crippen LogP contribution in [0.3, 0.4) is 0 Å². The van der Waals surface area contributed by atoms with Crippen molar-refractivity contribution in [2.24, 2.45) is 0 Å². The van der Waals surface area contributed by atoms with Crippen molar-refractivity contribution in [2.45, 2.75) is 13.5 Å². The number of rotatable bonds is 4. The molecule has 0 radical (unpaired) electrons. The van der Waals surface area contributed by atoms with Gasteiger partial charge in [0.2, 0.25) is 0 Å². The first kappa shape index (κ1) is 17.1. The van der Waals surface area contributed by atoms with Crippen LogP contribution in [-0.4, -0.2) is 27.6 Å². The minimum absolute atomic E-state index is 0.201. The summed E-state index contributed by atoms with van der Waals surface area (Å²) in [6.45, 7) is 2.10. The number of imide groups is 1. The van der Waals surface area contributed by atoms with E-state index in [2.05, 4.69) is 10.3 Å². The van der Waals surface area contributed by atoms with Gasteiger partial charge in [0.15, 0.2) is 5.13 Å². The normalized spacial score (nSPS) is 13.0. The molecule has 27 heavy (non-hydrogen) atoms. The van der Waals surface area contributed by atoms with Crippen molar-refractivity contribution in [3.05, 3.63) is 81.9 Å². The molecule has 0 fully saturated rings. The fourth-order valence-electron chi connectivity index (χ4n) is 2.92. The number of carbonyl (C=O) groups excluding carboxylic acids is 3. The summed E-state index contributed by atoms with van der Waals surface area (Å²) in [5, 5.41) is 3.20. The summed E-state index contributed by atoms with van der Waals surface area (Å²) in [4.78, 5) is 44.0. The highest BCUT2D eigenvalue weighted by molar-refractivity contribution is 7.15. The summed E-state index contributed by atoms with van der Waals surface area (Å²) < 4.78 is 0. The van der Waals surface area contributed by atoms with Gasteiger partial charge in [-0.2, -0.15) is 0 Å². The van der Waals surface area contributed by atoms with Crippen molar-refractivity contribution in [2.75, 3.05) is 5.32 Å². The molecule has 3 aromatic rings. The van der Waals surface area contributed by atoms with Gasteiger partial charge in [0, 0.05) is 16.6 Å². The number of aryl methyl sites for hydroxylation is 1. The van der Waals surface area contributed by atoms with Crippen molar-refractivity contribution in [1.29, 1.82) is 0 Å². The van der Waals surface area contributed by atoms with Crippen LogP contribution in [0.25, 0.3) is 0 Å². The highest BCUT2D eigenvalue weighted by Crippen LogP contribution is 2.26. The van der Waals surface area contributed by atoms with E-state index in [9.17, 15) is 14.4 Å². The second-order valence-corrected chi connectivity index (χ2v) is 7.41. The number of benzene rings is 2. The largest absolute Gasteiger partial charge is 0.298 e. The second-order valence-electron chi connectivity index (χ2n) is 6.17. The number of hydrogen-bond acceptors (Lipinski definition) is 5. The van der Waals surface area contributed by atoms with Crippen LogP contribution in [0.1, 0.15) is 41.5 Å². The molecule has 7 heteroatoms. The lowest BCUT2D eigenvalue weighted by atomic mass is 10.1. The predicted octanol–water partition coefficient (Wildman–Crippen LogP) is 3.50. The predicted molar refractivity (Wildman–Crippen MR) is 102 cm³/mol. The van der Waals surface area contributed by atoms with E-state index < -0.39 is 5.91 Å². The first-order valence-electron chi connectivity index (χ1n) is 8.31. The van der Waals surface area contributed by atoms with Crippen LogP contribution in [0.2, 0.25) is 0 Å². The molecule has 0 atom stereocenters. The number of carbonyl (C=O) groups is 3. The molecule has 0 unspecified atom stereocenters. The summed E-state index contributed by atoms with van der Waals surface area (Å²) in [5.74, 6) is -1.10. The summed E-state index contributed by atoms with van der Waals surface area (Å²) in [7, 11) is 0. The second kappa shape index (κ2) is 6.77. The van der Waals surface area contributed by atoms with Gasteiger partial charge in [-0.05, 0) is 30.7 Å². The highest BCUT2D eigenvalue weighted by Gasteiger charge is 2.36. The minimum atomic E-state index is -0.390. The van der Waals surface area contributed by atoms with E-state index in [0.717, 1.165) is 10.4 Å². The number of hydrogen-bond donors (Lipinski definition) is 1. The Labute approximate surface area is 159 Å². The van der Waals surface area contributed by atoms with Crippen LogP contribution in [0.5, 0.6) is 0 Å². The molecule has 0 bridgehead atoms. The summed E-state index contributed by atoms with van der Waals surface area (Å²) >= 11 is 1.37. The molecule has 6 nitrogen and oxygen atoms in total. The van der Waals surface area contributed by atoms with Crippen LogP contribution in [0.4, 0.5) is 5.13 Å². The summed E-state index contributed by atoms with van der Waals surface area (Å²) in [6, 6.07) is 13.9. The fraction of sp³-hybridized carbons (Fsp3) is 0.100. The Balaban J connectivity index is 1.57. The van der Waals surface area contributed by atoms with Gasteiger partial charge >= 0.3 is 0 Å². The molecule has 4 rings (SSSR count). The number of aromatic nitrogens is 1. The van der Waals surface area contributed by atoms with E-state index in [1.54, 1.807) is 12.3 Å². The van der Waals surface area contributed by atoms with E-state index in [0.29, 0.717) is 16.3 Å². The lowest BCUT2D eigenvalue weighted by molar-refractivity contribution is 0.0642. The van der Waals surface area contributed by atoms with Crippen LogP contribution >= 0.6 is 11.3 Å². The van der Waals surface area contributed by atoms with Crippen LogP contribution in [0, 0.1) is 6.92 Å². The maximum atomic E-state index is 12.7. The molecule has 0 saturated carbocycles. The van der Waals surface area contributed by atoms with Crippen molar-refractivity contribution in [3.8, 4) is 0 Å². The van der Waals surface area contributed by atoms with Gasteiger partial charge in [0.25, 0.3) is 17.7 Å². The Morgan fingerprint density at radius 1 is 1.07 bits per heavy atom.